The molecule has 0 aliphatic heterocycles. The van der Waals surface area contributed by atoms with E-state index in [2.05, 4.69) is 15.7 Å². The quantitative estimate of drug-likeness (QED) is 0.589. The van der Waals surface area contributed by atoms with Crippen LogP contribution < -0.4 is 10.6 Å². The predicted octanol–water partition coefficient (Wildman–Crippen LogP) is 2.93. The Morgan fingerprint density at radius 1 is 1.00 bits per heavy atom. The molecule has 7 heteroatoms. The van der Waals surface area contributed by atoms with Crippen LogP contribution in [0, 0.1) is 0 Å². The molecule has 3 rings (SSSR count). The van der Waals surface area contributed by atoms with Crippen molar-refractivity contribution >= 4 is 29.3 Å². The molecule has 0 atom stereocenters. The van der Waals surface area contributed by atoms with Gasteiger partial charge in [0.2, 0.25) is 11.8 Å². The molecule has 2 N–H and O–H groups in total. The number of carbonyl (C=O) groups excluding carboxylic acids is 2. The van der Waals surface area contributed by atoms with Gasteiger partial charge in [0.25, 0.3) is 0 Å². The smallest absolute Gasteiger partial charge is 0.246 e. The summed E-state index contributed by atoms with van der Waals surface area (Å²) in [5, 5.41) is 9.75. The minimum absolute atomic E-state index is 0.0306. The lowest BCUT2D eigenvalue weighted by molar-refractivity contribution is -0.119. The molecule has 0 bridgehead atoms. The maximum Gasteiger partial charge on any atom is 0.246 e. The van der Waals surface area contributed by atoms with E-state index in [1.54, 1.807) is 23.1 Å². The van der Waals surface area contributed by atoms with Crippen LogP contribution in [0.15, 0.2) is 78.0 Å². The van der Waals surface area contributed by atoms with Gasteiger partial charge >= 0.3 is 0 Å². The van der Waals surface area contributed by atoms with Gasteiger partial charge in [-0.1, -0.05) is 30.3 Å². The fourth-order valence-corrected chi connectivity index (χ4v) is 3.17. The van der Waals surface area contributed by atoms with Crippen LogP contribution in [0.25, 0.3) is 0 Å². The molecule has 0 fully saturated rings. The monoisotopic (exact) mass is 380 g/mol. The van der Waals surface area contributed by atoms with Gasteiger partial charge in [-0.15, -0.1) is 11.8 Å². The second kappa shape index (κ2) is 9.59. The lowest BCUT2D eigenvalue weighted by Gasteiger charge is -2.09. The van der Waals surface area contributed by atoms with Crippen LogP contribution >= 0.6 is 11.8 Å². The number of anilines is 1. The first kappa shape index (κ1) is 18.7. The second-order valence-electron chi connectivity index (χ2n) is 5.83. The number of rotatable bonds is 8. The van der Waals surface area contributed by atoms with Crippen LogP contribution in [-0.2, 0) is 22.7 Å². The van der Waals surface area contributed by atoms with Crippen molar-refractivity contribution in [1.82, 2.24) is 15.1 Å². The van der Waals surface area contributed by atoms with Crippen molar-refractivity contribution in [2.24, 2.45) is 0 Å². The number of carbonyl (C=O) groups is 2. The number of thioether (sulfide) groups is 1. The van der Waals surface area contributed by atoms with E-state index in [9.17, 15) is 9.59 Å². The lowest BCUT2D eigenvalue weighted by atomic mass is 10.2. The molecule has 1 aromatic heterocycles. The Bertz CT molecular complexity index is 882. The van der Waals surface area contributed by atoms with Crippen LogP contribution in [0.4, 0.5) is 5.69 Å². The van der Waals surface area contributed by atoms with Gasteiger partial charge in [0.05, 0.1) is 5.75 Å². The summed E-state index contributed by atoms with van der Waals surface area (Å²) >= 11 is 1.50. The van der Waals surface area contributed by atoms with Gasteiger partial charge in [-0.25, -0.2) is 0 Å². The van der Waals surface area contributed by atoms with E-state index in [1.807, 2.05) is 54.6 Å². The molecule has 3 aromatic rings. The van der Waals surface area contributed by atoms with Crippen molar-refractivity contribution < 1.29 is 9.59 Å². The number of hydrogen-bond acceptors (Lipinski definition) is 4. The Labute approximate surface area is 162 Å². The lowest BCUT2D eigenvalue weighted by Crippen LogP contribution is -2.24. The zero-order chi connectivity index (χ0) is 18.9. The van der Waals surface area contributed by atoms with Crippen molar-refractivity contribution in [2.75, 3.05) is 11.1 Å². The molecule has 6 nitrogen and oxygen atoms in total. The van der Waals surface area contributed by atoms with Crippen LogP contribution in [-0.4, -0.2) is 27.3 Å². The highest BCUT2D eigenvalue weighted by molar-refractivity contribution is 8.00. The number of amides is 2. The molecule has 2 aromatic carbocycles. The number of nitrogens with one attached hydrogen (secondary N) is 2. The summed E-state index contributed by atoms with van der Waals surface area (Å²) in [5.74, 6) is 0.181. The van der Waals surface area contributed by atoms with E-state index in [0.717, 1.165) is 10.5 Å². The van der Waals surface area contributed by atoms with Gasteiger partial charge in [-0.05, 0) is 35.9 Å². The van der Waals surface area contributed by atoms with Crippen LogP contribution in [0.5, 0.6) is 0 Å². The van der Waals surface area contributed by atoms with Gasteiger partial charge in [-0.3, -0.25) is 14.3 Å². The van der Waals surface area contributed by atoms with E-state index in [1.165, 1.54) is 11.8 Å². The standard InChI is InChI=1S/C20H20N4O2S/c25-19(14-24-11-5-10-22-24)23-17-7-4-6-16(12-17)13-21-20(26)15-27-18-8-2-1-3-9-18/h1-12H,13-15H2,(H,21,26)(H,23,25). The summed E-state index contributed by atoms with van der Waals surface area (Å²) in [6, 6.07) is 19.0. The number of hydrogen-bond donors (Lipinski definition) is 2. The van der Waals surface area contributed by atoms with E-state index in [-0.39, 0.29) is 18.4 Å². The normalized spacial score (nSPS) is 10.4. The molecule has 0 unspecified atom stereocenters. The largest absolute Gasteiger partial charge is 0.351 e. The zero-order valence-corrected chi connectivity index (χ0v) is 15.5. The van der Waals surface area contributed by atoms with Crippen LogP contribution in [0.2, 0.25) is 0 Å². The van der Waals surface area contributed by atoms with Gasteiger partial charge < -0.3 is 10.6 Å². The average Bonchev–Trinajstić information content (AvgIpc) is 3.18. The summed E-state index contributed by atoms with van der Waals surface area (Å²) < 4.78 is 1.56. The van der Waals surface area contributed by atoms with Crippen molar-refractivity contribution in [1.29, 1.82) is 0 Å². The molecule has 27 heavy (non-hydrogen) atoms. The highest BCUT2D eigenvalue weighted by Crippen LogP contribution is 2.16. The Morgan fingerprint density at radius 2 is 1.85 bits per heavy atom. The molecular formula is C20H20N4O2S. The topological polar surface area (TPSA) is 76.0 Å². The van der Waals surface area contributed by atoms with Crippen molar-refractivity contribution in [3.05, 3.63) is 78.6 Å². The highest BCUT2D eigenvalue weighted by atomic mass is 32.2. The maximum absolute atomic E-state index is 12.0. The molecule has 0 radical (unpaired) electrons. The fourth-order valence-electron chi connectivity index (χ4n) is 2.42. The Hall–Kier alpha value is -3.06. The summed E-state index contributed by atoms with van der Waals surface area (Å²) in [4.78, 5) is 25.1. The Kier molecular flexibility index (Phi) is 6.65. The molecule has 0 saturated heterocycles. The predicted molar refractivity (Wildman–Crippen MR) is 106 cm³/mol. The second-order valence-corrected chi connectivity index (χ2v) is 6.88. The van der Waals surface area contributed by atoms with Crippen LogP contribution in [0.3, 0.4) is 0 Å². The minimum atomic E-state index is -0.154. The molecule has 1 heterocycles. The van der Waals surface area contributed by atoms with Gasteiger partial charge in [0, 0.05) is 29.5 Å². The zero-order valence-electron chi connectivity index (χ0n) is 14.7. The molecule has 0 aliphatic rings. The number of aromatic nitrogens is 2. The Morgan fingerprint density at radius 3 is 2.63 bits per heavy atom. The highest BCUT2D eigenvalue weighted by Gasteiger charge is 2.06. The summed E-state index contributed by atoms with van der Waals surface area (Å²) in [6.45, 7) is 0.571. The summed E-state index contributed by atoms with van der Waals surface area (Å²) in [5.41, 5.74) is 1.61. The fraction of sp³-hybridized carbons (Fsp3) is 0.150. The summed E-state index contributed by atoms with van der Waals surface area (Å²) in [6.07, 6.45) is 3.37. The minimum Gasteiger partial charge on any atom is -0.351 e. The van der Waals surface area contributed by atoms with E-state index in [0.29, 0.717) is 18.0 Å². The van der Waals surface area contributed by atoms with Crippen LogP contribution in [0.1, 0.15) is 5.56 Å². The first-order chi connectivity index (χ1) is 13.2. The molecule has 0 saturated carbocycles. The van der Waals surface area contributed by atoms with Crippen molar-refractivity contribution in [3.63, 3.8) is 0 Å². The molecular weight excluding hydrogens is 360 g/mol. The first-order valence-corrected chi connectivity index (χ1v) is 9.48. The van der Waals surface area contributed by atoms with E-state index >= 15 is 0 Å². The maximum atomic E-state index is 12.0. The molecule has 138 valence electrons. The van der Waals surface area contributed by atoms with E-state index in [4.69, 9.17) is 0 Å². The molecule has 2 amide bonds. The molecule has 0 spiro atoms. The number of benzene rings is 2. The average molecular weight is 380 g/mol. The van der Waals surface area contributed by atoms with Gasteiger partial charge in [0.15, 0.2) is 0 Å². The first-order valence-electron chi connectivity index (χ1n) is 8.50. The number of nitrogens with zero attached hydrogens (tertiary/aromatic N) is 2. The van der Waals surface area contributed by atoms with E-state index < -0.39 is 0 Å². The summed E-state index contributed by atoms with van der Waals surface area (Å²) in [7, 11) is 0. The van der Waals surface area contributed by atoms with Crippen molar-refractivity contribution in [2.45, 2.75) is 18.0 Å². The third kappa shape index (κ3) is 6.31. The third-order valence-electron chi connectivity index (χ3n) is 3.68. The third-order valence-corrected chi connectivity index (χ3v) is 4.69. The Balaban J connectivity index is 1.45. The molecule has 0 aliphatic carbocycles. The van der Waals surface area contributed by atoms with Gasteiger partial charge in [-0.2, -0.15) is 5.10 Å². The SMILES string of the molecule is O=C(CSc1ccccc1)NCc1cccc(NC(=O)Cn2cccn2)c1. The van der Waals surface area contributed by atoms with Gasteiger partial charge in [0.1, 0.15) is 6.54 Å². The van der Waals surface area contributed by atoms with Crippen molar-refractivity contribution in [3.8, 4) is 0 Å².